The van der Waals surface area contributed by atoms with Crippen LogP contribution in [0.25, 0.3) is 6.08 Å². The Morgan fingerprint density at radius 2 is 2.25 bits per heavy atom. The van der Waals surface area contributed by atoms with Gasteiger partial charge in [-0.1, -0.05) is 6.07 Å². The summed E-state index contributed by atoms with van der Waals surface area (Å²) in [5.41, 5.74) is 0.725. The van der Waals surface area contributed by atoms with Crippen LogP contribution in [0, 0.1) is 0 Å². The van der Waals surface area contributed by atoms with Gasteiger partial charge in [0.15, 0.2) is 16.7 Å². The molecule has 1 aromatic carbocycles. The number of phenols is 1. The van der Waals surface area contributed by atoms with Crippen LogP contribution in [-0.2, 0) is 4.79 Å². The van der Waals surface area contributed by atoms with Gasteiger partial charge in [-0.15, -0.1) is 5.10 Å². The van der Waals surface area contributed by atoms with Gasteiger partial charge in [-0.25, -0.2) is 0 Å². The van der Waals surface area contributed by atoms with Gasteiger partial charge in [0, 0.05) is 0 Å². The molecule has 0 spiro atoms. The summed E-state index contributed by atoms with van der Waals surface area (Å²) in [6.45, 7) is 0. The van der Waals surface area contributed by atoms with Crippen molar-refractivity contribution in [2.45, 2.75) is 0 Å². The molecule has 0 atom stereocenters. The van der Waals surface area contributed by atoms with E-state index in [4.69, 9.17) is 9.15 Å². The fourth-order valence-corrected chi connectivity index (χ4v) is 2.69. The standard InChI is InChI=1S/C16H13N3O4S/c1-22-13-7-10(4-5-12(13)20)8-14-15(21)18-16(24-14)19-17-9-11-3-2-6-23-11/h2-9,20H,1H3,(H,18,19,21)/b14-8-,17-9+. The number of aromatic hydroxyl groups is 1. The molecule has 1 aliphatic rings. The maximum Gasteiger partial charge on any atom is 0.264 e. The SMILES string of the molecule is COc1cc(/C=C2\S/C(=N/N=C/c3ccco3)NC2=O)ccc1O. The highest BCUT2D eigenvalue weighted by atomic mass is 32.2. The number of carbonyl (C=O) groups is 1. The first kappa shape index (κ1) is 15.9. The van der Waals surface area contributed by atoms with Gasteiger partial charge in [-0.3, -0.25) is 10.1 Å². The molecule has 1 fully saturated rings. The summed E-state index contributed by atoms with van der Waals surface area (Å²) in [6, 6.07) is 8.32. The molecule has 1 amide bonds. The van der Waals surface area contributed by atoms with Crippen LogP contribution in [0.5, 0.6) is 11.5 Å². The number of furan rings is 1. The molecule has 24 heavy (non-hydrogen) atoms. The lowest BCUT2D eigenvalue weighted by atomic mass is 10.2. The Balaban J connectivity index is 1.74. The van der Waals surface area contributed by atoms with Crippen molar-refractivity contribution in [1.82, 2.24) is 5.32 Å². The van der Waals surface area contributed by atoms with Gasteiger partial charge in [-0.2, -0.15) is 5.10 Å². The molecule has 122 valence electrons. The normalized spacial score (nSPS) is 17.8. The lowest BCUT2D eigenvalue weighted by Crippen LogP contribution is -2.19. The first-order valence-electron chi connectivity index (χ1n) is 6.88. The predicted octanol–water partition coefficient (Wildman–Crippen LogP) is 2.59. The van der Waals surface area contributed by atoms with Gasteiger partial charge >= 0.3 is 0 Å². The molecule has 8 heteroatoms. The Morgan fingerprint density at radius 3 is 3.00 bits per heavy atom. The topological polar surface area (TPSA) is 96.4 Å². The highest BCUT2D eigenvalue weighted by molar-refractivity contribution is 8.18. The van der Waals surface area contributed by atoms with Crippen molar-refractivity contribution in [3.63, 3.8) is 0 Å². The Labute approximate surface area is 141 Å². The number of methoxy groups -OCH3 is 1. The predicted molar refractivity (Wildman–Crippen MR) is 92.1 cm³/mol. The summed E-state index contributed by atoms with van der Waals surface area (Å²) in [4.78, 5) is 12.4. The number of hydrogen-bond acceptors (Lipinski definition) is 7. The van der Waals surface area contributed by atoms with Gasteiger partial charge in [-0.05, 0) is 47.7 Å². The number of benzene rings is 1. The molecule has 2 heterocycles. The minimum Gasteiger partial charge on any atom is -0.504 e. The first-order chi connectivity index (χ1) is 11.7. The van der Waals surface area contributed by atoms with Gasteiger partial charge in [0.1, 0.15) is 5.76 Å². The highest BCUT2D eigenvalue weighted by Gasteiger charge is 2.23. The van der Waals surface area contributed by atoms with E-state index in [-0.39, 0.29) is 11.7 Å². The molecule has 2 aromatic rings. The number of amidine groups is 1. The summed E-state index contributed by atoms with van der Waals surface area (Å²) in [6.07, 6.45) is 4.67. The lowest BCUT2D eigenvalue weighted by molar-refractivity contribution is -0.115. The molecule has 0 unspecified atom stereocenters. The number of hydrogen-bond donors (Lipinski definition) is 2. The number of phenolic OH excluding ortho intramolecular Hbond substituents is 1. The number of nitrogens with zero attached hydrogens (tertiary/aromatic N) is 2. The number of ether oxygens (including phenoxy) is 1. The minimum atomic E-state index is -0.265. The van der Waals surface area contributed by atoms with Crippen LogP contribution in [0.4, 0.5) is 0 Å². The zero-order valence-electron chi connectivity index (χ0n) is 12.6. The molecule has 1 aliphatic heterocycles. The quantitative estimate of drug-likeness (QED) is 0.505. The fraction of sp³-hybridized carbons (Fsp3) is 0.0625. The van der Waals surface area contributed by atoms with Crippen molar-refractivity contribution in [2.24, 2.45) is 10.2 Å². The Morgan fingerprint density at radius 1 is 1.38 bits per heavy atom. The molecule has 0 saturated carbocycles. The second-order valence-corrected chi connectivity index (χ2v) is 5.69. The molecule has 2 N–H and O–H groups in total. The van der Waals surface area contributed by atoms with Gasteiger partial charge in [0.25, 0.3) is 5.91 Å². The van der Waals surface area contributed by atoms with Crippen LogP contribution in [0.1, 0.15) is 11.3 Å². The third-order valence-corrected chi connectivity index (χ3v) is 3.93. The third-order valence-electron chi connectivity index (χ3n) is 3.03. The van der Waals surface area contributed by atoms with E-state index in [0.29, 0.717) is 21.6 Å². The second kappa shape index (κ2) is 7.05. The van der Waals surface area contributed by atoms with Gasteiger partial charge in [0.2, 0.25) is 0 Å². The van der Waals surface area contributed by atoms with E-state index in [2.05, 4.69) is 15.5 Å². The van der Waals surface area contributed by atoms with E-state index in [9.17, 15) is 9.90 Å². The number of thioether (sulfide) groups is 1. The van der Waals surface area contributed by atoms with E-state index < -0.39 is 0 Å². The van der Waals surface area contributed by atoms with Crippen molar-refractivity contribution in [2.75, 3.05) is 7.11 Å². The fourth-order valence-electron chi connectivity index (χ4n) is 1.91. The first-order valence-corrected chi connectivity index (χ1v) is 7.70. The van der Waals surface area contributed by atoms with Crippen LogP contribution in [0.2, 0.25) is 0 Å². The minimum absolute atomic E-state index is 0.0395. The van der Waals surface area contributed by atoms with E-state index >= 15 is 0 Å². The molecule has 1 saturated heterocycles. The molecule has 7 nitrogen and oxygen atoms in total. The van der Waals surface area contributed by atoms with E-state index in [0.717, 1.165) is 5.56 Å². The summed E-state index contributed by atoms with van der Waals surface area (Å²) < 4.78 is 10.1. The molecule has 0 bridgehead atoms. The average molecular weight is 343 g/mol. The zero-order chi connectivity index (χ0) is 16.9. The smallest absolute Gasteiger partial charge is 0.264 e. The van der Waals surface area contributed by atoms with Crippen LogP contribution in [-0.4, -0.2) is 29.5 Å². The molecular formula is C16H13N3O4S. The maximum atomic E-state index is 12.0. The maximum absolute atomic E-state index is 12.0. The second-order valence-electron chi connectivity index (χ2n) is 4.66. The molecule has 0 radical (unpaired) electrons. The largest absolute Gasteiger partial charge is 0.504 e. The molecule has 3 rings (SSSR count). The number of carbonyl (C=O) groups excluding carboxylic acids is 1. The highest BCUT2D eigenvalue weighted by Crippen LogP contribution is 2.30. The Hall–Kier alpha value is -3.00. The van der Waals surface area contributed by atoms with E-state index in [1.807, 2.05) is 0 Å². The van der Waals surface area contributed by atoms with Gasteiger partial charge in [0.05, 0.1) is 24.5 Å². The summed E-state index contributed by atoms with van der Waals surface area (Å²) >= 11 is 1.17. The van der Waals surface area contributed by atoms with Gasteiger partial charge < -0.3 is 14.3 Å². The average Bonchev–Trinajstić information content (AvgIpc) is 3.20. The summed E-state index contributed by atoms with van der Waals surface area (Å²) in [7, 11) is 1.46. The van der Waals surface area contributed by atoms with Crippen molar-refractivity contribution < 1.29 is 19.1 Å². The Bertz CT molecular complexity index is 841. The van der Waals surface area contributed by atoms with Crippen LogP contribution >= 0.6 is 11.8 Å². The van der Waals surface area contributed by atoms with Crippen molar-refractivity contribution in [1.29, 1.82) is 0 Å². The van der Waals surface area contributed by atoms with Crippen LogP contribution < -0.4 is 10.1 Å². The zero-order valence-corrected chi connectivity index (χ0v) is 13.4. The van der Waals surface area contributed by atoms with E-state index in [1.165, 1.54) is 37.4 Å². The van der Waals surface area contributed by atoms with E-state index in [1.54, 1.807) is 30.3 Å². The molecule has 1 aromatic heterocycles. The third kappa shape index (κ3) is 3.66. The van der Waals surface area contributed by atoms with Crippen molar-refractivity contribution >= 4 is 35.1 Å². The number of rotatable bonds is 4. The summed E-state index contributed by atoms with van der Waals surface area (Å²) in [5.74, 6) is 0.682. The molecule has 0 aliphatic carbocycles. The van der Waals surface area contributed by atoms with Crippen LogP contribution in [0.15, 0.2) is 56.1 Å². The van der Waals surface area contributed by atoms with Crippen molar-refractivity contribution in [3.8, 4) is 11.5 Å². The number of nitrogens with one attached hydrogen (secondary N) is 1. The lowest BCUT2D eigenvalue weighted by Gasteiger charge is -2.03. The monoisotopic (exact) mass is 343 g/mol. The number of amides is 1. The van der Waals surface area contributed by atoms with Crippen molar-refractivity contribution in [3.05, 3.63) is 52.8 Å². The van der Waals surface area contributed by atoms with Crippen LogP contribution in [0.3, 0.4) is 0 Å². The summed E-state index contributed by atoms with van der Waals surface area (Å²) in [5, 5.41) is 20.4. The Kier molecular flexibility index (Phi) is 4.66. The molecular weight excluding hydrogens is 330 g/mol.